The van der Waals surface area contributed by atoms with Gasteiger partial charge in [0, 0.05) is 69.6 Å². The molecule has 1 saturated heterocycles. The van der Waals surface area contributed by atoms with E-state index in [2.05, 4.69) is 48.7 Å². The minimum absolute atomic E-state index is 0.0141. The predicted octanol–water partition coefficient (Wildman–Crippen LogP) is 2.77. The molecule has 2 rings (SSSR count). The molecular formula is C21H30Br2N6O3. The molecule has 1 aliphatic heterocycles. The van der Waals surface area contributed by atoms with Crippen LogP contribution in [-0.2, 0) is 0 Å². The van der Waals surface area contributed by atoms with Gasteiger partial charge in [0.05, 0.1) is 16.2 Å². The van der Waals surface area contributed by atoms with Crippen LogP contribution in [0, 0.1) is 21.4 Å². The van der Waals surface area contributed by atoms with E-state index < -0.39 is 10.8 Å². The summed E-state index contributed by atoms with van der Waals surface area (Å²) in [4.78, 5) is 32.4. The summed E-state index contributed by atoms with van der Waals surface area (Å²) in [7, 11) is 3.78. The minimum Gasteiger partial charge on any atom is -0.369 e. The molecule has 1 amide bonds. The van der Waals surface area contributed by atoms with E-state index in [1.165, 1.54) is 17.0 Å². The molecule has 0 spiro atoms. The van der Waals surface area contributed by atoms with Crippen molar-refractivity contribution in [1.82, 2.24) is 14.7 Å². The Bertz CT molecular complexity index is 834. The van der Waals surface area contributed by atoms with Gasteiger partial charge in [-0.1, -0.05) is 31.9 Å². The number of nitro groups is 1. The summed E-state index contributed by atoms with van der Waals surface area (Å²) in [6.45, 7) is 6.69. The van der Waals surface area contributed by atoms with Gasteiger partial charge in [-0.25, -0.2) is 0 Å². The minimum atomic E-state index is -0.588. The highest BCUT2D eigenvalue weighted by Crippen LogP contribution is 2.30. The molecule has 0 atom stereocenters. The van der Waals surface area contributed by atoms with E-state index in [-0.39, 0.29) is 16.8 Å². The third kappa shape index (κ3) is 7.13. The first-order chi connectivity index (χ1) is 15.3. The van der Waals surface area contributed by atoms with Crippen molar-refractivity contribution in [2.24, 2.45) is 0 Å². The Morgan fingerprint density at radius 1 is 1.19 bits per heavy atom. The number of piperazine rings is 1. The van der Waals surface area contributed by atoms with Gasteiger partial charge >= 0.3 is 0 Å². The van der Waals surface area contributed by atoms with Crippen LogP contribution in [0.3, 0.4) is 0 Å². The van der Waals surface area contributed by atoms with Crippen LogP contribution in [0.5, 0.6) is 0 Å². The van der Waals surface area contributed by atoms with Crippen molar-refractivity contribution >= 4 is 49.1 Å². The molecule has 1 aromatic rings. The standard InChI is InChI=1S/C21H30Br2N6O3/c1-25-10-12-27(13-11-25)7-3-6-26(2)21(30)18-15-19(28(8-4-22)9-5-23)17(16-24)14-20(18)29(31)32/h14-15H,3-13H2,1-2H3. The molecule has 1 aliphatic rings. The highest BCUT2D eigenvalue weighted by molar-refractivity contribution is 9.09. The van der Waals surface area contributed by atoms with Crippen molar-refractivity contribution in [3.8, 4) is 6.07 Å². The van der Waals surface area contributed by atoms with Gasteiger partial charge in [0.1, 0.15) is 11.6 Å². The van der Waals surface area contributed by atoms with E-state index in [1.54, 1.807) is 7.05 Å². The van der Waals surface area contributed by atoms with Gasteiger partial charge in [-0.05, 0) is 26.1 Å². The van der Waals surface area contributed by atoms with Gasteiger partial charge in [0.25, 0.3) is 11.6 Å². The second kappa shape index (κ2) is 13.1. The fraction of sp³-hybridized carbons (Fsp3) is 0.619. The molecular weight excluding hydrogens is 544 g/mol. The van der Waals surface area contributed by atoms with Crippen LogP contribution in [0.15, 0.2) is 12.1 Å². The predicted molar refractivity (Wildman–Crippen MR) is 133 cm³/mol. The van der Waals surface area contributed by atoms with E-state index in [1.807, 2.05) is 11.0 Å². The van der Waals surface area contributed by atoms with Crippen molar-refractivity contribution in [1.29, 1.82) is 5.26 Å². The Hall–Kier alpha value is -1.74. The Morgan fingerprint density at radius 3 is 2.34 bits per heavy atom. The average molecular weight is 574 g/mol. The summed E-state index contributed by atoms with van der Waals surface area (Å²) in [6.07, 6.45) is 0.794. The lowest BCUT2D eigenvalue weighted by molar-refractivity contribution is -0.385. The number of amides is 1. The van der Waals surface area contributed by atoms with Gasteiger partial charge in [-0.3, -0.25) is 14.9 Å². The first-order valence-electron chi connectivity index (χ1n) is 10.6. The number of nitriles is 1. The fourth-order valence-corrected chi connectivity index (χ4v) is 4.57. The van der Waals surface area contributed by atoms with Crippen LogP contribution >= 0.6 is 31.9 Å². The van der Waals surface area contributed by atoms with E-state index in [4.69, 9.17) is 0 Å². The third-order valence-corrected chi connectivity index (χ3v) is 6.33. The van der Waals surface area contributed by atoms with Gasteiger partial charge in [-0.2, -0.15) is 5.26 Å². The number of hydrogen-bond acceptors (Lipinski definition) is 7. The number of benzene rings is 1. The SMILES string of the molecule is CN1CCN(CCCN(C)C(=O)c2cc(N(CCBr)CCBr)c(C#N)cc2[N+](=O)[O-])CC1. The van der Waals surface area contributed by atoms with E-state index in [0.29, 0.717) is 36.0 Å². The van der Waals surface area contributed by atoms with E-state index >= 15 is 0 Å². The Kier molecular flexibility index (Phi) is 10.8. The zero-order valence-corrected chi connectivity index (χ0v) is 21.8. The molecule has 0 aliphatic carbocycles. The van der Waals surface area contributed by atoms with Crippen LogP contribution < -0.4 is 4.90 Å². The number of nitro benzene ring substituents is 1. The van der Waals surface area contributed by atoms with Crippen LogP contribution in [0.25, 0.3) is 0 Å². The quantitative estimate of drug-likeness (QED) is 0.228. The molecule has 0 saturated carbocycles. The Balaban J connectivity index is 2.20. The van der Waals surface area contributed by atoms with Crippen LogP contribution in [0.4, 0.5) is 11.4 Å². The van der Waals surface area contributed by atoms with E-state index in [9.17, 15) is 20.2 Å². The zero-order chi connectivity index (χ0) is 23.7. The highest BCUT2D eigenvalue weighted by atomic mass is 79.9. The Morgan fingerprint density at radius 2 is 1.81 bits per heavy atom. The summed E-state index contributed by atoms with van der Waals surface area (Å²) in [5, 5.41) is 22.6. The number of rotatable bonds is 11. The first-order valence-corrected chi connectivity index (χ1v) is 12.8. The van der Waals surface area contributed by atoms with Crippen LogP contribution in [0.2, 0.25) is 0 Å². The third-order valence-electron chi connectivity index (χ3n) is 5.62. The summed E-state index contributed by atoms with van der Waals surface area (Å²) < 4.78 is 0. The van der Waals surface area contributed by atoms with Gasteiger partial charge in [0.2, 0.25) is 0 Å². The molecule has 1 heterocycles. The number of likely N-dealkylation sites (N-methyl/N-ethyl adjacent to an activating group) is 1. The van der Waals surface area contributed by atoms with Crippen molar-refractivity contribution in [3.05, 3.63) is 33.4 Å². The highest BCUT2D eigenvalue weighted by Gasteiger charge is 2.27. The molecule has 0 radical (unpaired) electrons. The molecule has 0 bridgehead atoms. The van der Waals surface area contributed by atoms with Gasteiger partial charge in [-0.15, -0.1) is 0 Å². The largest absolute Gasteiger partial charge is 0.369 e. The topological polar surface area (TPSA) is 97.0 Å². The lowest BCUT2D eigenvalue weighted by Gasteiger charge is -2.32. The van der Waals surface area contributed by atoms with E-state index in [0.717, 1.165) is 39.1 Å². The number of alkyl halides is 2. The molecule has 176 valence electrons. The fourth-order valence-electron chi connectivity index (χ4n) is 3.72. The van der Waals surface area contributed by atoms with Crippen molar-refractivity contribution in [2.75, 3.05) is 82.0 Å². The first kappa shape index (κ1) is 26.5. The van der Waals surface area contributed by atoms with Crippen LogP contribution in [0.1, 0.15) is 22.3 Å². The number of anilines is 1. The number of carbonyl (C=O) groups excluding carboxylic acids is 1. The lowest BCUT2D eigenvalue weighted by Crippen LogP contribution is -2.45. The number of carbonyl (C=O) groups is 1. The summed E-state index contributed by atoms with van der Waals surface area (Å²) >= 11 is 6.81. The monoisotopic (exact) mass is 572 g/mol. The summed E-state index contributed by atoms with van der Waals surface area (Å²) in [5.74, 6) is -0.404. The van der Waals surface area contributed by atoms with Gasteiger partial charge in [0.15, 0.2) is 0 Å². The molecule has 0 N–H and O–H groups in total. The molecule has 32 heavy (non-hydrogen) atoms. The molecule has 0 unspecified atom stereocenters. The number of halogens is 2. The molecule has 11 heteroatoms. The number of hydrogen-bond donors (Lipinski definition) is 0. The number of nitrogens with zero attached hydrogens (tertiary/aromatic N) is 6. The second-order valence-electron chi connectivity index (χ2n) is 7.85. The molecule has 1 aromatic carbocycles. The molecule has 1 fully saturated rings. The smallest absolute Gasteiger partial charge is 0.283 e. The van der Waals surface area contributed by atoms with Gasteiger partial charge < -0.3 is 19.6 Å². The maximum Gasteiger partial charge on any atom is 0.283 e. The van der Waals surface area contributed by atoms with Crippen molar-refractivity contribution in [2.45, 2.75) is 6.42 Å². The normalized spacial score (nSPS) is 14.7. The summed E-state index contributed by atoms with van der Waals surface area (Å²) in [5.41, 5.74) is 0.401. The van der Waals surface area contributed by atoms with Crippen molar-refractivity contribution in [3.63, 3.8) is 0 Å². The van der Waals surface area contributed by atoms with Crippen LogP contribution in [-0.4, -0.2) is 103 Å². The molecule has 0 aromatic heterocycles. The second-order valence-corrected chi connectivity index (χ2v) is 9.43. The zero-order valence-electron chi connectivity index (χ0n) is 18.6. The average Bonchev–Trinajstić information content (AvgIpc) is 2.78. The maximum absolute atomic E-state index is 13.2. The Labute approximate surface area is 206 Å². The molecule has 9 nitrogen and oxygen atoms in total. The van der Waals surface area contributed by atoms with Crippen molar-refractivity contribution < 1.29 is 9.72 Å². The lowest BCUT2D eigenvalue weighted by atomic mass is 10.0. The maximum atomic E-state index is 13.2. The summed E-state index contributed by atoms with van der Waals surface area (Å²) in [6, 6.07) is 4.77.